The minimum Gasteiger partial charge on any atom is -0.191 e. The molecule has 158 valence electrons. The molecule has 3 aromatic rings. The number of allylic oxidation sites excluding steroid dienone is 6. The minimum atomic E-state index is -1.35. The fourth-order valence-corrected chi connectivity index (χ4v) is 7.67. The molecule has 0 unspecified atom stereocenters. The lowest BCUT2D eigenvalue weighted by Crippen LogP contribution is -2.01. The van der Waals surface area contributed by atoms with Crippen LogP contribution in [-0.2, 0) is 0 Å². The highest BCUT2D eigenvalue weighted by Gasteiger charge is 2.39. The van der Waals surface area contributed by atoms with Crippen LogP contribution < -0.4 is 0 Å². The van der Waals surface area contributed by atoms with Gasteiger partial charge in [0, 0.05) is 21.0 Å². The molecule has 1 heteroatoms. The molecular formula is C31H28S. The van der Waals surface area contributed by atoms with E-state index >= 15 is 0 Å². The van der Waals surface area contributed by atoms with Gasteiger partial charge in [-0.3, -0.25) is 0 Å². The Bertz CT molecular complexity index is 1260. The summed E-state index contributed by atoms with van der Waals surface area (Å²) in [6, 6.07) is 32.4. The van der Waals surface area contributed by atoms with Crippen LogP contribution in [0.5, 0.6) is 0 Å². The predicted octanol–water partition coefficient (Wildman–Crippen LogP) is 8.18. The number of benzene rings is 3. The molecule has 4 rings (SSSR count). The van der Waals surface area contributed by atoms with E-state index in [1.807, 2.05) is 6.08 Å². The van der Waals surface area contributed by atoms with Crippen LogP contribution in [0.2, 0.25) is 0 Å². The number of hydrogen-bond acceptors (Lipinski definition) is 0. The average Bonchev–Trinajstić information content (AvgIpc) is 3.08. The van der Waals surface area contributed by atoms with E-state index in [9.17, 15) is 0 Å². The van der Waals surface area contributed by atoms with Gasteiger partial charge in [-0.05, 0) is 53.9 Å². The minimum absolute atomic E-state index is 1.20. The van der Waals surface area contributed by atoms with Crippen molar-refractivity contribution in [1.29, 1.82) is 0 Å². The first-order valence-electron chi connectivity index (χ1n) is 10.8. The van der Waals surface area contributed by atoms with Crippen LogP contribution in [0.15, 0.2) is 120 Å². The maximum atomic E-state index is 5.60. The molecule has 32 heavy (non-hydrogen) atoms. The number of terminal acetylenes is 1. The molecular weight excluding hydrogens is 404 g/mol. The second kappa shape index (κ2) is 9.35. The Morgan fingerprint density at radius 3 is 1.66 bits per heavy atom. The van der Waals surface area contributed by atoms with Gasteiger partial charge >= 0.3 is 0 Å². The van der Waals surface area contributed by atoms with Crippen LogP contribution >= 0.6 is 10.0 Å². The summed E-state index contributed by atoms with van der Waals surface area (Å²) in [6.07, 6.45) is 16.5. The lowest BCUT2D eigenvalue weighted by Gasteiger charge is -2.34. The average molecular weight is 433 g/mol. The molecule has 0 N–H and O–H groups in total. The molecule has 1 heterocycles. The Kier molecular flexibility index (Phi) is 6.35. The zero-order valence-electron chi connectivity index (χ0n) is 18.9. The second-order valence-corrected chi connectivity index (χ2v) is 11.5. The molecule has 0 amide bonds. The van der Waals surface area contributed by atoms with Crippen molar-refractivity contribution in [2.24, 2.45) is 0 Å². The van der Waals surface area contributed by atoms with Crippen molar-refractivity contribution in [3.05, 3.63) is 136 Å². The molecule has 0 nitrogen and oxygen atoms in total. The van der Waals surface area contributed by atoms with Crippen molar-refractivity contribution < 1.29 is 0 Å². The van der Waals surface area contributed by atoms with Crippen molar-refractivity contribution in [3.63, 3.8) is 0 Å². The van der Waals surface area contributed by atoms with E-state index in [1.54, 1.807) is 0 Å². The molecule has 0 saturated carbocycles. The zero-order valence-corrected chi connectivity index (χ0v) is 19.7. The fourth-order valence-electron chi connectivity index (χ4n) is 4.51. The third kappa shape index (κ3) is 3.91. The SMILES string of the molecule is C#C/C=C\C(=C/C)C1=C(c2ccccc2)C(c2ccccc2)=C(c2ccccc2)S1(C)C. The van der Waals surface area contributed by atoms with Gasteiger partial charge in [-0.1, -0.05) is 103 Å². The highest BCUT2D eigenvalue weighted by Crippen LogP contribution is 2.72. The summed E-state index contributed by atoms with van der Waals surface area (Å²) >= 11 is 0. The monoisotopic (exact) mass is 432 g/mol. The molecule has 0 saturated heterocycles. The van der Waals surface area contributed by atoms with Gasteiger partial charge in [0.1, 0.15) is 0 Å². The van der Waals surface area contributed by atoms with Gasteiger partial charge < -0.3 is 0 Å². The van der Waals surface area contributed by atoms with Crippen molar-refractivity contribution >= 4 is 26.1 Å². The highest BCUT2D eigenvalue weighted by molar-refractivity contribution is 8.43. The molecule has 0 aliphatic carbocycles. The lowest BCUT2D eigenvalue weighted by atomic mass is 9.89. The number of rotatable bonds is 5. The predicted molar refractivity (Wildman–Crippen MR) is 144 cm³/mol. The van der Waals surface area contributed by atoms with Crippen LogP contribution in [-0.4, -0.2) is 12.5 Å². The van der Waals surface area contributed by atoms with E-state index in [-0.39, 0.29) is 0 Å². The topological polar surface area (TPSA) is 0 Å². The summed E-state index contributed by atoms with van der Waals surface area (Å²) in [4.78, 5) is 2.81. The van der Waals surface area contributed by atoms with E-state index in [0.717, 1.165) is 0 Å². The molecule has 3 aromatic carbocycles. The van der Waals surface area contributed by atoms with Gasteiger partial charge in [0.05, 0.1) is 0 Å². The van der Waals surface area contributed by atoms with Gasteiger partial charge in [-0.15, -0.1) is 6.42 Å². The molecule has 1 aliphatic heterocycles. The van der Waals surface area contributed by atoms with Crippen molar-refractivity contribution in [1.82, 2.24) is 0 Å². The van der Waals surface area contributed by atoms with E-state index in [2.05, 4.69) is 129 Å². The third-order valence-electron chi connectivity index (χ3n) is 5.82. The maximum absolute atomic E-state index is 5.60. The Hall–Kier alpha value is -3.47. The maximum Gasteiger partial charge on any atom is 0.00946 e. The molecule has 0 spiro atoms. The Morgan fingerprint density at radius 1 is 0.719 bits per heavy atom. The van der Waals surface area contributed by atoms with Crippen LogP contribution in [0.4, 0.5) is 0 Å². The van der Waals surface area contributed by atoms with Gasteiger partial charge in [-0.25, -0.2) is 0 Å². The van der Waals surface area contributed by atoms with Crippen molar-refractivity contribution in [2.75, 3.05) is 12.5 Å². The third-order valence-corrected chi connectivity index (χ3v) is 8.74. The normalized spacial score (nSPS) is 17.0. The molecule has 0 aromatic heterocycles. The molecule has 0 atom stereocenters. The van der Waals surface area contributed by atoms with E-state index in [4.69, 9.17) is 6.42 Å². The van der Waals surface area contributed by atoms with Gasteiger partial charge in [0.25, 0.3) is 0 Å². The first-order valence-corrected chi connectivity index (χ1v) is 13.2. The van der Waals surface area contributed by atoms with Crippen LogP contribution in [0.1, 0.15) is 23.6 Å². The Labute approximate surface area is 194 Å². The van der Waals surface area contributed by atoms with Gasteiger partial charge in [0.2, 0.25) is 0 Å². The van der Waals surface area contributed by atoms with Crippen molar-refractivity contribution in [2.45, 2.75) is 6.92 Å². The van der Waals surface area contributed by atoms with Gasteiger partial charge in [-0.2, -0.15) is 10.0 Å². The summed E-state index contributed by atoms with van der Waals surface area (Å²) in [7, 11) is -1.35. The summed E-state index contributed by atoms with van der Waals surface area (Å²) < 4.78 is 0. The standard InChI is InChI=1S/C31H28S/c1-5-7-17-24(6-2)30-28(25-18-11-8-12-19-25)29(26-20-13-9-14-21-26)31(32(30,3)4)27-22-15-10-16-23-27/h1,6-23H,2-4H3/b17-7-,24-6+. The molecule has 0 fully saturated rings. The van der Waals surface area contributed by atoms with Gasteiger partial charge in [0.15, 0.2) is 0 Å². The van der Waals surface area contributed by atoms with Crippen LogP contribution in [0, 0.1) is 12.3 Å². The summed E-state index contributed by atoms with van der Waals surface area (Å²) in [5.41, 5.74) is 7.60. The zero-order chi connectivity index (χ0) is 22.6. The summed E-state index contributed by atoms with van der Waals surface area (Å²) in [6.45, 7) is 2.10. The molecule has 1 aliphatic rings. The number of hydrogen-bond donors (Lipinski definition) is 0. The first kappa shape index (κ1) is 21.8. The molecule has 0 radical (unpaired) electrons. The first-order chi connectivity index (χ1) is 15.6. The smallest absolute Gasteiger partial charge is 0.00946 e. The second-order valence-electron chi connectivity index (χ2n) is 8.08. The Balaban J connectivity index is 2.15. The van der Waals surface area contributed by atoms with E-state index in [1.165, 1.54) is 43.2 Å². The Morgan fingerprint density at radius 2 is 1.19 bits per heavy atom. The largest absolute Gasteiger partial charge is 0.191 e. The molecule has 0 bridgehead atoms. The summed E-state index contributed by atoms with van der Waals surface area (Å²) in [5.74, 6) is 2.68. The fraction of sp³-hybridized carbons (Fsp3) is 0.0968. The highest BCUT2D eigenvalue weighted by atomic mass is 32.3. The quantitative estimate of drug-likeness (QED) is 0.282. The van der Waals surface area contributed by atoms with E-state index < -0.39 is 10.0 Å². The van der Waals surface area contributed by atoms with Crippen molar-refractivity contribution in [3.8, 4) is 12.3 Å². The van der Waals surface area contributed by atoms with E-state index in [0.29, 0.717) is 0 Å². The lowest BCUT2D eigenvalue weighted by molar-refractivity contribution is 1.54. The summed E-state index contributed by atoms with van der Waals surface area (Å²) in [5, 5.41) is 0. The van der Waals surface area contributed by atoms with Crippen LogP contribution in [0.3, 0.4) is 0 Å². The van der Waals surface area contributed by atoms with Crippen LogP contribution in [0.25, 0.3) is 16.1 Å².